The number of rotatable bonds is 0. The summed E-state index contributed by atoms with van der Waals surface area (Å²) in [5.74, 6) is 0. The van der Waals surface area contributed by atoms with E-state index in [4.69, 9.17) is 4.79 Å². The van der Waals surface area contributed by atoms with Crippen LogP contribution in [0.15, 0.2) is 30.3 Å². The molecule has 0 aliphatic heterocycles. The Hall–Kier alpha value is -1.11. The Labute approximate surface area is 63.2 Å². The van der Waals surface area contributed by atoms with Gasteiger partial charge in [-0.3, -0.25) is 0 Å². The van der Waals surface area contributed by atoms with Gasteiger partial charge in [-0.15, -0.1) is 0 Å². The normalized spacial score (nSPS) is 7.40. The maximum absolute atomic E-state index is 8.81. The van der Waals surface area contributed by atoms with E-state index >= 15 is 0 Å². The van der Waals surface area contributed by atoms with Crippen molar-refractivity contribution >= 4 is 6.29 Å². The summed E-state index contributed by atoms with van der Waals surface area (Å²) >= 11 is 0. The fourth-order valence-electron chi connectivity index (χ4n) is 0.534. The maximum Gasteiger partial charge on any atom is 0.116 e. The van der Waals surface area contributed by atoms with Crippen LogP contribution in [0.4, 0.5) is 0 Å². The van der Waals surface area contributed by atoms with Crippen molar-refractivity contribution in [3.63, 3.8) is 0 Å². The number of aldehydes is 1. The lowest BCUT2D eigenvalue weighted by Gasteiger charge is -1.82. The summed E-state index contributed by atoms with van der Waals surface area (Å²) in [6, 6.07) is 10.3. The second-order valence-corrected chi connectivity index (χ2v) is 1.89. The second kappa shape index (κ2) is 6.02. The van der Waals surface area contributed by atoms with Crippen LogP contribution in [0, 0.1) is 6.92 Å². The highest BCUT2D eigenvalue weighted by Crippen LogP contribution is 1.92. The zero-order valence-corrected chi connectivity index (χ0v) is 6.37. The van der Waals surface area contributed by atoms with Gasteiger partial charge in [-0.25, -0.2) is 0 Å². The molecular formula is C9H14O. The molecule has 0 spiro atoms. The van der Waals surface area contributed by atoms with Crippen LogP contribution < -0.4 is 0 Å². The number of hydrogen-bond donors (Lipinski definition) is 0. The Kier molecular flexibility index (Phi) is 5.35. The Balaban J connectivity index is 0. The van der Waals surface area contributed by atoms with Crippen LogP contribution >= 0.6 is 0 Å². The topological polar surface area (TPSA) is 17.1 Å². The zero-order chi connectivity index (χ0) is 7.82. The standard InChI is InChI=1S/C7H8.C2H4O.H2/c1-7-5-3-2-4-6-7;1-2-3;/h2-6H,1H3;2H,1H3;1H. The average molecular weight is 138 g/mol. The van der Waals surface area contributed by atoms with Crippen LogP contribution in [0.5, 0.6) is 0 Å². The molecule has 0 aliphatic carbocycles. The van der Waals surface area contributed by atoms with Gasteiger partial charge in [-0.1, -0.05) is 35.9 Å². The average Bonchev–Trinajstić information content (AvgIpc) is 1.91. The van der Waals surface area contributed by atoms with E-state index < -0.39 is 0 Å². The summed E-state index contributed by atoms with van der Waals surface area (Å²) < 4.78 is 0. The minimum Gasteiger partial charge on any atom is -0.304 e. The summed E-state index contributed by atoms with van der Waals surface area (Å²) in [5.41, 5.74) is 1.32. The molecule has 0 aromatic heterocycles. The van der Waals surface area contributed by atoms with E-state index in [2.05, 4.69) is 19.1 Å². The molecule has 0 heterocycles. The van der Waals surface area contributed by atoms with Gasteiger partial charge in [-0.05, 0) is 13.8 Å². The van der Waals surface area contributed by atoms with E-state index in [0.717, 1.165) is 6.29 Å². The van der Waals surface area contributed by atoms with E-state index in [-0.39, 0.29) is 1.43 Å². The molecule has 0 saturated carbocycles. The molecular weight excluding hydrogens is 124 g/mol. The Morgan fingerprint density at radius 3 is 1.90 bits per heavy atom. The lowest BCUT2D eigenvalue weighted by atomic mass is 10.2. The van der Waals surface area contributed by atoms with Crippen LogP contribution in [0.1, 0.15) is 13.9 Å². The number of benzene rings is 1. The van der Waals surface area contributed by atoms with Crippen LogP contribution in [0.25, 0.3) is 0 Å². The highest BCUT2D eigenvalue weighted by molar-refractivity contribution is 5.44. The maximum atomic E-state index is 8.81. The quantitative estimate of drug-likeness (QED) is 0.503. The summed E-state index contributed by atoms with van der Waals surface area (Å²) in [6.45, 7) is 3.53. The highest BCUT2D eigenvalue weighted by Gasteiger charge is 1.72. The molecule has 0 bridgehead atoms. The lowest BCUT2D eigenvalue weighted by Crippen LogP contribution is -1.62. The third-order valence-electron chi connectivity index (χ3n) is 0.940. The lowest BCUT2D eigenvalue weighted by molar-refractivity contribution is -0.106. The smallest absolute Gasteiger partial charge is 0.116 e. The van der Waals surface area contributed by atoms with Crippen molar-refractivity contribution in [1.29, 1.82) is 0 Å². The third-order valence-corrected chi connectivity index (χ3v) is 0.940. The van der Waals surface area contributed by atoms with E-state index in [1.165, 1.54) is 12.5 Å². The van der Waals surface area contributed by atoms with E-state index in [1.807, 2.05) is 18.2 Å². The number of hydrogen-bond acceptors (Lipinski definition) is 1. The molecule has 10 heavy (non-hydrogen) atoms. The fraction of sp³-hybridized carbons (Fsp3) is 0.222. The van der Waals surface area contributed by atoms with E-state index in [1.54, 1.807) is 0 Å². The molecule has 0 atom stereocenters. The van der Waals surface area contributed by atoms with Crippen molar-refractivity contribution in [1.82, 2.24) is 0 Å². The second-order valence-electron chi connectivity index (χ2n) is 1.89. The number of carbonyl (C=O) groups excluding carboxylic acids is 1. The molecule has 0 aliphatic rings. The van der Waals surface area contributed by atoms with Crippen molar-refractivity contribution in [2.75, 3.05) is 0 Å². The summed E-state index contributed by atoms with van der Waals surface area (Å²) in [7, 11) is 0. The molecule has 0 radical (unpaired) electrons. The van der Waals surface area contributed by atoms with Gasteiger partial charge >= 0.3 is 0 Å². The number of carbonyl (C=O) groups is 1. The first-order valence-electron chi connectivity index (χ1n) is 3.22. The van der Waals surface area contributed by atoms with Gasteiger partial charge in [0.1, 0.15) is 6.29 Å². The van der Waals surface area contributed by atoms with Gasteiger partial charge in [0.2, 0.25) is 0 Å². The predicted molar refractivity (Wildman–Crippen MR) is 45.0 cm³/mol. The largest absolute Gasteiger partial charge is 0.304 e. The monoisotopic (exact) mass is 138 g/mol. The summed E-state index contributed by atoms with van der Waals surface area (Å²) in [5, 5.41) is 0. The molecule has 0 amide bonds. The molecule has 1 heteroatoms. The molecule has 0 fully saturated rings. The van der Waals surface area contributed by atoms with Gasteiger partial charge in [0.25, 0.3) is 0 Å². The van der Waals surface area contributed by atoms with Crippen molar-refractivity contribution in [2.45, 2.75) is 13.8 Å². The minimum atomic E-state index is 0. The zero-order valence-electron chi connectivity index (χ0n) is 6.37. The van der Waals surface area contributed by atoms with Gasteiger partial charge < -0.3 is 4.79 Å². The van der Waals surface area contributed by atoms with Gasteiger partial charge in [0.05, 0.1) is 0 Å². The Bertz CT molecular complexity index is 172. The minimum absolute atomic E-state index is 0. The molecule has 0 N–H and O–H groups in total. The fourth-order valence-corrected chi connectivity index (χ4v) is 0.534. The van der Waals surface area contributed by atoms with Crippen LogP contribution in [-0.2, 0) is 4.79 Å². The molecule has 1 rings (SSSR count). The molecule has 1 nitrogen and oxygen atoms in total. The molecule has 1 aromatic rings. The predicted octanol–water partition coefficient (Wildman–Crippen LogP) is 2.45. The molecule has 0 saturated heterocycles. The molecule has 0 unspecified atom stereocenters. The first-order chi connectivity index (χ1) is 4.81. The molecule has 56 valence electrons. The van der Waals surface area contributed by atoms with Crippen LogP contribution in [0.2, 0.25) is 0 Å². The van der Waals surface area contributed by atoms with Gasteiger partial charge in [-0.2, -0.15) is 0 Å². The van der Waals surface area contributed by atoms with E-state index in [0.29, 0.717) is 0 Å². The van der Waals surface area contributed by atoms with Gasteiger partial charge in [0.15, 0.2) is 0 Å². The summed E-state index contributed by atoms with van der Waals surface area (Å²) in [4.78, 5) is 8.81. The van der Waals surface area contributed by atoms with Crippen molar-refractivity contribution in [3.05, 3.63) is 35.9 Å². The van der Waals surface area contributed by atoms with E-state index in [9.17, 15) is 0 Å². The Morgan fingerprint density at radius 2 is 1.70 bits per heavy atom. The first kappa shape index (κ1) is 8.89. The van der Waals surface area contributed by atoms with Crippen LogP contribution in [0.3, 0.4) is 0 Å². The van der Waals surface area contributed by atoms with Crippen molar-refractivity contribution in [2.24, 2.45) is 0 Å². The van der Waals surface area contributed by atoms with Crippen LogP contribution in [-0.4, -0.2) is 6.29 Å². The number of aryl methyl sites for hydroxylation is 1. The molecule has 1 aromatic carbocycles. The first-order valence-corrected chi connectivity index (χ1v) is 3.22. The van der Waals surface area contributed by atoms with Gasteiger partial charge in [0, 0.05) is 1.43 Å². The highest BCUT2D eigenvalue weighted by atomic mass is 16.1. The van der Waals surface area contributed by atoms with Crippen molar-refractivity contribution < 1.29 is 6.22 Å². The SMILES string of the molecule is CC=O.Cc1ccccc1.[HH]. The summed E-state index contributed by atoms with van der Waals surface area (Å²) in [6.07, 6.45) is 0.750. The Morgan fingerprint density at radius 1 is 1.30 bits per heavy atom. The van der Waals surface area contributed by atoms with Crippen molar-refractivity contribution in [3.8, 4) is 0 Å². The third kappa shape index (κ3) is 5.04.